The van der Waals surface area contributed by atoms with Crippen LogP contribution in [0.25, 0.3) is 0 Å². The van der Waals surface area contributed by atoms with Gasteiger partial charge in [-0.15, -0.1) is 0 Å². The summed E-state index contributed by atoms with van der Waals surface area (Å²) < 4.78 is 6.56. The van der Waals surface area contributed by atoms with Crippen molar-refractivity contribution in [2.75, 3.05) is 41.7 Å². The number of aryl methyl sites for hydroxylation is 2. The number of nitrogens with zero attached hydrogens (tertiary/aromatic N) is 1. The molecule has 3 aliphatic heterocycles. The zero-order chi connectivity index (χ0) is 24.1. The minimum atomic E-state index is -0.0843. The number of hydrogen-bond acceptors (Lipinski definition) is 4. The molecule has 0 amide bonds. The van der Waals surface area contributed by atoms with E-state index in [0.717, 1.165) is 85.7 Å². The number of hydrogen-bond donors (Lipinski definition) is 2. The van der Waals surface area contributed by atoms with Gasteiger partial charge in [0.25, 0.3) is 0 Å². The highest BCUT2D eigenvalue weighted by atomic mass is 35.5. The van der Waals surface area contributed by atoms with Gasteiger partial charge in [-0.2, -0.15) is 0 Å². The molecule has 3 heterocycles. The van der Waals surface area contributed by atoms with Crippen LogP contribution in [-0.4, -0.2) is 26.2 Å². The van der Waals surface area contributed by atoms with Gasteiger partial charge < -0.3 is 20.3 Å². The Morgan fingerprint density at radius 1 is 0.800 bits per heavy atom. The van der Waals surface area contributed by atoms with Crippen LogP contribution >= 0.6 is 23.2 Å². The SMILES string of the molecule is CCN(CC)c1cc(Cl)c(C2c3cc4c(cc3Oc3cc5c(cc32)CCCN5)NCCC4)c(Cl)c1. The normalized spacial score (nSPS) is 16.1. The standard InChI is InChI=1S/C29H31Cl2N3O/c1-3-34(4-2)19-13-22(30)29(23(31)14-19)28-20-11-17-7-5-9-32-24(17)15-26(20)35-27-16-25-18(12-21(27)28)8-6-10-33-25/h11-16,28,32-33H,3-10H2,1-2H3. The number of ether oxygens (including phenoxy) is 1. The van der Waals surface area contributed by atoms with Gasteiger partial charge in [0.1, 0.15) is 11.5 Å². The lowest BCUT2D eigenvalue weighted by Crippen LogP contribution is -2.22. The predicted molar refractivity (Wildman–Crippen MR) is 148 cm³/mol. The van der Waals surface area contributed by atoms with E-state index in [2.05, 4.69) is 65.8 Å². The summed E-state index contributed by atoms with van der Waals surface area (Å²) in [6.45, 7) is 8.10. The minimum absolute atomic E-state index is 0.0843. The molecule has 0 fully saturated rings. The Balaban J connectivity index is 1.57. The first kappa shape index (κ1) is 22.9. The minimum Gasteiger partial charge on any atom is -0.457 e. The van der Waals surface area contributed by atoms with Crippen molar-refractivity contribution in [3.63, 3.8) is 0 Å². The Bertz CT molecular complexity index is 1210. The molecular formula is C29H31Cl2N3O. The van der Waals surface area contributed by atoms with Crippen molar-refractivity contribution in [1.29, 1.82) is 0 Å². The molecular weight excluding hydrogens is 477 g/mol. The molecule has 3 aromatic rings. The van der Waals surface area contributed by atoms with E-state index in [1.165, 1.54) is 22.5 Å². The maximum absolute atomic E-state index is 7.07. The summed E-state index contributed by atoms with van der Waals surface area (Å²) in [6.07, 6.45) is 4.39. The zero-order valence-corrected chi connectivity index (χ0v) is 21.8. The van der Waals surface area contributed by atoms with Crippen molar-refractivity contribution < 1.29 is 4.74 Å². The molecule has 0 aliphatic carbocycles. The summed E-state index contributed by atoms with van der Waals surface area (Å²) in [6, 6.07) is 13.1. The van der Waals surface area contributed by atoms with Crippen molar-refractivity contribution in [1.82, 2.24) is 0 Å². The van der Waals surface area contributed by atoms with Gasteiger partial charge in [0.05, 0.1) is 0 Å². The van der Waals surface area contributed by atoms with Gasteiger partial charge in [-0.1, -0.05) is 23.2 Å². The maximum Gasteiger partial charge on any atom is 0.133 e. The highest BCUT2D eigenvalue weighted by molar-refractivity contribution is 6.36. The molecule has 0 unspecified atom stereocenters. The van der Waals surface area contributed by atoms with Gasteiger partial charge >= 0.3 is 0 Å². The van der Waals surface area contributed by atoms with Gasteiger partial charge in [0.15, 0.2) is 0 Å². The van der Waals surface area contributed by atoms with Crippen molar-refractivity contribution in [3.8, 4) is 11.5 Å². The van der Waals surface area contributed by atoms with Crippen LogP contribution in [0.1, 0.15) is 60.4 Å². The molecule has 4 nitrogen and oxygen atoms in total. The van der Waals surface area contributed by atoms with Crippen molar-refractivity contribution in [2.24, 2.45) is 0 Å². The largest absolute Gasteiger partial charge is 0.457 e. The second-order valence-electron chi connectivity index (χ2n) is 9.69. The Hall–Kier alpha value is -2.56. The van der Waals surface area contributed by atoms with Gasteiger partial charge in [-0.05, 0) is 74.9 Å². The molecule has 0 saturated heterocycles. The molecule has 35 heavy (non-hydrogen) atoms. The molecule has 2 N–H and O–H groups in total. The second kappa shape index (κ2) is 9.15. The summed E-state index contributed by atoms with van der Waals surface area (Å²) >= 11 is 14.1. The summed E-state index contributed by atoms with van der Waals surface area (Å²) in [5, 5.41) is 8.50. The van der Waals surface area contributed by atoms with Crippen LogP contribution in [0.15, 0.2) is 36.4 Å². The molecule has 0 bridgehead atoms. The molecule has 0 aromatic heterocycles. The molecule has 6 rings (SSSR count). The van der Waals surface area contributed by atoms with Crippen molar-refractivity contribution in [2.45, 2.75) is 45.4 Å². The molecule has 3 aromatic carbocycles. The molecule has 0 radical (unpaired) electrons. The fourth-order valence-corrected chi connectivity index (χ4v) is 6.57. The Labute approximate surface area is 217 Å². The first-order valence-electron chi connectivity index (χ1n) is 12.8. The fourth-order valence-electron chi connectivity index (χ4n) is 5.88. The van der Waals surface area contributed by atoms with Gasteiger partial charge in [-0.3, -0.25) is 0 Å². The zero-order valence-electron chi connectivity index (χ0n) is 20.3. The monoisotopic (exact) mass is 507 g/mol. The summed E-state index contributed by atoms with van der Waals surface area (Å²) in [7, 11) is 0. The van der Waals surface area contributed by atoms with Crippen LogP contribution < -0.4 is 20.3 Å². The van der Waals surface area contributed by atoms with Crippen LogP contribution in [0.3, 0.4) is 0 Å². The Morgan fingerprint density at radius 2 is 1.31 bits per heavy atom. The van der Waals surface area contributed by atoms with Crippen molar-refractivity contribution >= 4 is 40.3 Å². The number of anilines is 3. The first-order chi connectivity index (χ1) is 17.1. The van der Waals surface area contributed by atoms with E-state index in [1.807, 2.05) is 0 Å². The van der Waals surface area contributed by atoms with E-state index in [9.17, 15) is 0 Å². The van der Waals surface area contributed by atoms with Crippen molar-refractivity contribution in [3.05, 3.63) is 74.3 Å². The van der Waals surface area contributed by atoms with Crippen LogP contribution in [-0.2, 0) is 12.8 Å². The Kier molecular flexibility index (Phi) is 5.98. The molecule has 3 aliphatic rings. The smallest absolute Gasteiger partial charge is 0.133 e. The number of nitrogens with one attached hydrogen (secondary N) is 2. The van der Waals surface area contributed by atoms with E-state index in [4.69, 9.17) is 27.9 Å². The van der Waals surface area contributed by atoms with Gasteiger partial charge in [-0.25, -0.2) is 0 Å². The molecule has 182 valence electrons. The molecule has 0 atom stereocenters. The highest BCUT2D eigenvalue weighted by Gasteiger charge is 2.34. The lowest BCUT2D eigenvalue weighted by Gasteiger charge is -2.34. The number of halogens is 2. The lowest BCUT2D eigenvalue weighted by atomic mass is 9.79. The number of rotatable bonds is 4. The average Bonchev–Trinajstić information content (AvgIpc) is 2.86. The summed E-state index contributed by atoms with van der Waals surface area (Å²) in [5.41, 5.74) is 9.31. The average molecular weight is 508 g/mol. The van der Waals surface area contributed by atoms with E-state index in [0.29, 0.717) is 10.0 Å². The van der Waals surface area contributed by atoms with Crippen LogP contribution in [0.5, 0.6) is 11.5 Å². The van der Waals surface area contributed by atoms with Gasteiger partial charge in [0, 0.05) is 88.0 Å². The number of fused-ring (bicyclic) bond motifs is 4. The molecule has 6 heteroatoms. The molecule has 0 saturated carbocycles. The second-order valence-corrected chi connectivity index (χ2v) is 10.5. The summed E-state index contributed by atoms with van der Waals surface area (Å²) in [4.78, 5) is 2.28. The highest BCUT2D eigenvalue weighted by Crippen LogP contribution is 2.53. The van der Waals surface area contributed by atoms with Crippen LogP contribution in [0.4, 0.5) is 17.1 Å². The Morgan fingerprint density at radius 3 is 1.80 bits per heavy atom. The third-order valence-electron chi connectivity index (χ3n) is 7.67. The molecule has 0 spiro atoms. The topological polar surface area (TPSA) is 36.5 Å². The fraction of sp³-hybridized carbons (Fsp3) is 0.379. The number of benzene rings is 3. The summed E-state index contributed by atoms with van der Waals surface area (Å²) in [5.74, 6) is 1.68. The maximum atomic E-state index is 7.07. The van der Waals surface area contributed by atoms with Crippen LogP contribution in [0, 0.1) is 0 Å². The third kappa shape index (κ3) is 3.91. The van der Waals surface area contributed by atoms with E-state index >= 15 is 0 Å². The quantitative estimate of drug-likeness (QED) is 0.294. The first-order valence-corrected chi connectivity index (χ1v) is 13.6. The predicted octanol–water partition coefficient (Wildman–Crippen LogP) is 7.84. The van der Waals surface area contributed by atoms with E-state index in [1.54, 1.807) is 0 Å². The third-order valence-corrected chi connectivity index (χ3v) is 8.30. The van der Waals surface area contributed by atoms with E-state index < -0.39 is 0 Å². The van der Waals surface area contributed by atoms with E-state index in [-0.39, 0.29) is 5.92 Å². The van der Waals surface area contributed by atoms with Gasteiger partial charge in [0.2, 0.25) is 0 Å². The lowest BCUT2D eigenvalue weighted by molar-refractivity contribution is 0.452. The van der Waals surface area contributed by atoms with Crippen LogP contribution in [0.2, 0.25) is 10.0 Å².